The second-order valence-electron chi connectivity index (χ2n) is 5.88. The summed E-state index contributed by atoms with van der Waals surface area (Å²) in [6.45, 7) is 4.10. The molecule has 0 radical (unpaired) electrons. The van der Waals surface area contributed by atoms with Crippen molar-refractivity contribution in [3.63, 3.8) is 0 Å². The van der Waals surface area contributed by atoms with Crippen molar-refractivity contribution in [2.24, 2.45) is 0 Å². The summed E-state index contributed by atoms with van der Waals surface area (Å²) in [6, 6.07) is 6.04. The second-order valence-corrected chi connectivity index (χ2v) is 6.92. The second kappa shape index (κ2) is 4.91. The average molecular weight is 312 g/mol. The van der Waals surface area contributed by atoms with E-state index in [-0.39, 0.29) is 5.91 Å². The van der Waals surface area contributed by atoms with Crippen molar-refractivity contribution in [1.29, 1.82) is 0 Å². The molecule has 2 heterocycles. The number of nitrogens with one attached hydrogen (secondary N) is 2. The molecule has 5 nitrogen and oxygen atoms in total. The van der Waals surface area contributed by atoms with E-state index in [9.17, 15) is 4.79 Å². The maximum Gasteiger partial charge on any atom is 0.277 e. The molecule has 0 saturated heterocycles. The van der Waals surface area contributed by atoms with Gasteiger partial charge >= 0.3 is 0 Å². The summed E-state index contributed by atoms with van der Waals surface area (Å²) in [5.41, 5.74) is 4.76. The predicted molar refractivity (Wildman–Crippen MR) is 87.6 cm³/mol. The molecule has 4 rings (SSSR count). The number of H-pyrrole nitrogens is 1. The van der Waals surface area contributed by atoms with Crippen LogP contribution < -0.4 is 5.32 Å². The molecule has 0 unspecified atom stereocenters. The van der Waals surface area contributed by atoms with Crippen LogP contribution in [0.1, 0.15) is 46.1 Å². The van der Waals surface area contributed by atoms with Crippen molar-refractivity contribution >= 4 is 32.6 Å². The van der Waals surface area contributed by atoms with Crippen LogP contribution in [-0.4, -0.2) is 21.1 Å². The highest BCUT2D eigenvalue weighted by Crippen LogP contribution is 2.39. The molecule has 6 heteroatoms. The number of amides is 1. The molecule has 112 valence electrons. The number of carbonyl (C=O) groups excluding carboxylic acids is 1. The van der Waals surface area contributed by atoms with E-state index in [1.165, 1.54) is 29.7 Å². The zero-order valence-corrected chi connectivity index (χ0v) is 13.3. The zero-order valence-electron chi connectivity index (χ0n) is 12.4. The molecule has 3 aromatic rings. The molecule has 1 fully saturated rings. The number of fused-ring (bicyclic) bond motifs is 1. The van der Waals surface area contributed by atoms with Gasteiger partial charge in [0.2, 0.25) is 0 Å². The number of carbonyl (C=O) groups is 1. The minimum absolute atomic E-state index is 0.211. The standard InChI is InChI=1S/C16H16N4OS/c1-8-5-9(2)14-13(6-8)22-16(17-14)18-15(21)12-7-11(19-20-12)10-3-4-10/h5-7,10H,3-4H2,1-2H3,(H,19,20)(H,17,18,21). The summed E-state index contributed by atoms with van der Waals surface area (Å²) in [7, 11) is 0. The number of rotatable bonds is 3. The molecule has 0 atom stereocenters. The third-order valence-electron chi connectivity index (χ3n) is 3.90. The van der Waals surface area contributed by atoms with E-state index in [1.54, 1.807) is 0 Å². The van der Waals surface area contributed by atoms with Gasteiger partial charge in [0.1, 0.15) is 0 Å². The van der Waals surface area contributed by atoms with Crippen LogP contribution in [0.15, 0.2) is 18.2 Å². The first-order chi connectivity index (χ1) is 10.6. The molecule has 0 aliphatic heterocycles. The highest BCUT2D eigenvalue weighted by atomic mass is 32.1. The van der Waals surface area contributed by atoms with Gasteiger partial charge < -0.3 is 0 Å². The van der Waals surface area contributed by atoms with Crippen LogP contribution in [0, 0.1) is 13.8 Å². The van der Waals surface area contributed by atoms with Crippen LogP contribution in [0.3, 0.4) is 0 Å². The van der Waals surface area contributed by atoms with Gasteiger partial charge in [-0.15, -0.1) is 0 Å². The van der Waals surface area contributed by atoms with Gasteiger partial charge in [-0.05, 0) is 49.9 Å². The van der Waals surface area contributed by atoms with Crippen LogP contribution in [0.2, 0.25) is 0 Å². The number of anilines is 1. The first-order valence-corrected chi connectivity index (χ1v) is 8.16. The van der Waals surface area contributed by atoms with Gasteiger partial charge in [0.15, 0.2) is 10.8 Å². The lowest BCUT2D eigenvalue weighted by Crippen LogP contribution is -2.12. The van der Waals surface area contributed by atoms with E-state index in [1.807, 2.05) is 13.0 Å². The number of aryl methyl sites for hydroxylation is 2. The third-order valence-corrected chi connectivity index (χ3v) is 4.82. The molecular formula is C16H16N4OS. The van der Waals surface area contributed by atoms with Crippen molar-refractivity contribution in [2.45, 2.75) is 32.6 Å². The molecule has 0 bridgehead atoms. The monoisotopic (exact) mass is 312 g/mol. The normalized spacial score (nSPS) is 14.5. The van der Waals surface area contributed by atoms with E-state index in [4.69, 9.17) is 0 Å². The fourth-order valence-corrected chi connectivity index (χ4v) is 3.68. The van der Waals surface area contributed by atoms with Crippen molar-refractivity contribution in [3.05, 3.63) is 40.7 Å². The minimum Gasteiger partial charge on any atom is -0.296 e. The number of benzene rings is 1. The molecule has 1 aliphatic rings. The molecular weight excluding hydrogens is 296 g/mol. The first kappa shape index (κ1) is 13.5. The number of hydrogen-bond acceptors (Lipinski definition) is 4. The zero-order chi connectivity index (χ0) is 15.3. The summed E-state index contributed by atoms with van der Waals surface area (Å²) in [5.74, 6) is 0.346. The topological polar surface area (TPSA) is 70.7 Å². The Labute approximate surface area is 131 Å². The summed E-state index contributed by atoms with van der Waals surface area (Å²) >= 11 is 1.49. The Hall–Kier alpha value is -2.21. The molecule has 1 aromatic carbocycles. The van der Waals surface area contributed by atoms with E-state index >= 15 is 0 Å². The molecule has 0 spiro atoms. The summed E-state index contributed by atoms with van der Waals surface area (Å²) < 4.78 is 1.09. The first-order valence-electron chi connectivity index (χ1n) is 7.34. The Morgan fingerprint density at radius 3 is 2.91 bits per heavy atom. The molecule has 1 amide bonds. The summed E-state index contributed by atoms with van der Waals surface area (Å²) in [6.07, 6.45) is 2.36. The number of hydrogen-bond donors (Lipinski definition) is 2. The number of aromatic amines is 1. The van der Waals surface area contributed by atoms with Gasteiger partial charge in [0.25, 0.3) is 5.91 Å². The van der Waals surface area contributed by atoms with Crippen molar-refractivity contribution in [2.75, 3.05) is 5.32 Å². The van der Waals surface area contributed by atoms with Gasteiger partial charge in [0.05, 0.1) is 10.2 Å². The van der Waals surface area contributed by atoms with Crippen molar-refractivity contribution in [1.82, 2.24) is 15.2 Å². The Kier molecular flexibility index (Phi) is 3.00. The van der Waals surface area contributed by atoms with E-state index in [2.05, 4.69) is 39.6 Å². The SMILES string of the molecule is Cc1cc(C)c2nc(NC(=O)c3cc(C4CC4)[nH]n3)sc2c1. The lowest BCUT2D eigenvalue weighted by atomic mass is 10.1. The maximum absolute atomic E-state index is 12.3. The predicted octanol–water partition coefficient (Wildman–Crippen LogP) is 3.77. The fraction of sp³-hybridized carbons (Fsp3) is 0.312. The van der Waals surface area contributed by atoms with Crippen molar-refractivity contribution < 1.29 is 4.79 Å². The molecule has 2 N–H and O–H groups in total. The van der Waals surface area contributed by atoms with Gasteiger partial charge in [0, 0.05) is 11.6 Å². The van der Waals surface area contributed by atoms with Crippen LogP contribution in [0.25, 0.3) is 10.2 Å². The Morgan fingerprint density at radius 1 is 1.32 bits per heavy atom. The average Bonchev–Trinajstić information content (AvgIpc) is 3.05. The van der Waals surface area contributed by atoms with Crippen LogP contribution in [0.4, 0.5) is 5.13 Å². The smallest absolute Gasteiger partial charge is 0.277 e. The Morgan fingerprint density at radius 2 is 2.14 bits per heavy atom. The van der Waals surface area contributed by atoms with E-state index in [0.29, 0.717) is 16.7 Å². The fourth-order valence-electron chi connectivity index (χ4n) is 2.64. The molecule has 1 saturated carbocycles. The lowest BCUT2D eigenvalue weighted by Gasteiger charge is -1.96. The highest BCUT2D eigenvalue weighted by molar-refractivity contribution is 7.22. The number of thiazole rings is 1. The molecule has 2 aromatic heterocycles. The number of nitrogens with zero attached hydrogens (tertiary/aromatic N) is 2. The van der Waals surface area contributed by atoms with Gasteiger partial charge in [-0.2, -0.15) is 5.10 Å². The van der Waals surface area contributed by atoms with Crippen LogP contribution in [0.5, 0.6) is 0 Å². The molecule has 1 aliphatic carbocycles. The van der Waals surface area contributed by atoms with Crippen molar-refractivity contribution in [3.8, 4) is 0 Å². The largest absolute Gasteiger partial charge is 0.296 e. The minimum atomic E-state index is -0.211. The van der Waals surface area contributed by atoms with Gasteiger partial charge in [-0.25, -0.2) is 4.98 Å². The Bertz CT molecular complexity index is 876. The lowest BCUT2D eigenvalue weighted by molar-refractivity contribution is 0.102. The summed E-state index contributed by atoms with van der Waals surface area (Å²) in [5, 5.41) is 10.5. The number of aromatic nitrogens is 3. The highest BCUT2D eigenvalue weighted by Gasteiger charge is 2.26. The summed E-state index contributed by atoms with van der Waals surface area (Å²) in [4.78, 5) is 16.8. The quantitative estimate of drug-likeness (QED) is 0.773. The van der Waals surface area contributed by atoms with Gasteiger partial charge in [-0.3, -0.25) is 15.2 Å². The molecule has 22 heavy (non-hydrogen) atoms. The Balaban J connectivity index is 1.59. The van der Waals surface area contributed by atoms with Gasteiger partial charge in [-0.1, -0.05) is 17.4 Å². The third kappa shape index (κ3) is 2.39. The van der Waals surface area contributed by atoms with Crippen LogP contribution >= 0.6 is 11.3 Å². The maximum atomic E-state index is 12.3. The van der Waals surface area contributed by atoms with E-state index in [0.717, 1.165) is 21.5 Å². The van der Waals surface area contributed by atoms with E-state index < -0.39 is 0 Å². The van der Waals surface area contributed by atoms with Crippen LogP contribution in [-0.2, 0) is 0 Å².